The Morgan fingerprint density at radius 1 is 0.917 bits per heavy atom. The van der Waals surface area contributed by atoms with E-state index in [0.29, 0.717) is 17.2 Å². The quantitative estimate of drug-likeness (QED) is 0.516. The summed E-state index contributed by atoms with van der Waals surface area (Å²) < 4.78 is 5.79. The highest BCUT2D eigenvalue weighted by atomic mass is 35.5. The number of ether oxygens (including phenoxy) is 1. The molecule has 0 atom stereocenters. The lowest BCUT2D eigenvalue weighted by atomic mass is 10.0. The van der Waals surface area contributed by atoms with Crippen molar-refractivity contribution in [3.05, 3.63) is 88.9 Å². The summed E-state index contributed by atoms with van der Waals surface area (Å²) in [6.45, 7) is 0.529. The molecular formula is C20H17ClN2O. The third kappa shape index (κ3) is 3.58. The molecule has 3 aromatic carbocycles. The lowest BCUT2D eigenvalue weighted by molar-refractivity contribution is 0.306. The minimum Gasteiger partial charge on any atom is -0.489 e. The van der Waals surface area contributed by atoms with Crippen molar-refractivity contribution >= 4 is 17.4 Å². The minimum absolute atomic E-state index is 0.0373. The molecule has 0 aliphatic heterocycles. The Morgan fingerprint density at radius 3 is 2.29 bits per heavy atom. The van der Waals surface area contributed by atoms with E-state index in [1.807, 2.05) is 66.7 Å². The van der Waals surface area contributed by atoms with Crippen LogP contribution in [0.2, 0.25) is 5.02 Å². The molecule has 0 spiro atoms. The summed E-state index contributed by atoms with van der Waals surface area (Å²) in [7, 11) is 0. The second-order valence-electron chi connectivity index (χ2n) is 5.38. The van der Waals surface area contributed by atoms with E-state index in [9.17, 15) is 0 Å². The predicted molar refractivity (Wildman–Crippen MR) is 98.7 cm³/mol. The van der Waals surface area contributed by atoms with Crippen molar-refractivity contribution in [2.45, 2.75) is 6.61 Å². The van der Waals surface area contributed by atoms with Crippen LogP contribution in [-0.4, -0.2) is 5.84 Å². The Bertz CT molecular complexity index is 845. The van der Waals surface area contributed by atoms with Crippen LogP contribution in [0, 0.1) is 5.41 Å². The van der Waals surface area contributed by atoms with Crippen molar-refractivity contribution in [2.75, 3.05) is 0 Å². The number of benzene rings is 3. The number of halogens is 1. The third-order valence-corrected chi connectivity index (χ3v) is 4.11. The summed E-state index contributed by atoms with van der Waals surface area (Å²) in [5, 5.41) is 8.07. The molecule has 0 unspecified atom stereocenters. The SMILES string of the molecule is N=C(N)c1cccc(-c2ccc(OCc3ccccc3)cc2)c1Cl. The van der Waals surface area contributed by atoms with Crippen LogP contribution in [0.4, 0.5) is 0 Å². The molecule has 120 valence electrons. The Labute approximate surface area is 146 Å². The van der Waals surface area contributed by atoms with Crippen molar-refractivity contribution in [3.63, 3.8) is 0 Å². The molecule has 0 heterocycles. The molecular weight excluding hydrogens is 320 g/mol. The van der Waals surface area contributed by atoms with Gasteiger partial charge < -0.3 is 10.5 Å². The van der Waals surface area contributed by atoms with Crippen LogP contribution in [0.25, 0.3) is 11.1 Å². The maximum Gasteiger partial charge on any atom is 0.124 e. The topological polar surface area (TPSA) is 59.1 Å². The molecule has 0 aromatic heterocycles. The van der Waals surface area contributed by atoms with Crippen molar-refractivity contribution in [3.8, 4) is 16.9 Å². The van der Waals surface area contributed by atoms with E-state index < -0.39 is 0 Å². The van der Waals surface area contributed by atoms with Gasteiger partial charge in [0.05, 0.1) is 5.02 Å². The second kappa shape index (κ2) is 7.20. The number of nitrogens with one attached hydrogen (secondary N) is 1. The van der Waals surface area contributed by atoms with Gasteiger partial charge in [-0.3, -0.25) is 5.41 Å². The lowest BCUT2D eigenvalue weighted by Crippen LogP contribution is -2.11. The van der Waals surface area contributed by atoms with E-state index in [4.69, 9.17) is 27.5 Å². The van der Waals surface area contributed by atoms with Gasteiger partial charge in [0.25, 0.3) is 0 Å². The zero-order valence-corrected chi connectivity index (χ0v) is 13.8. The van der Waals surface area contributed by atoms with E-state index in [2.05, 4.69) is 0 Å². The zero-order chi connectivity index (χ0) is 16.9. The molecule has 4 heteroatoms. The van der Waals surface area contributed by atoms with Gasteiger partial charge in [-0.15, -0.1) is 0 Å². The highest BCUT2D eigenvalue weighted by Crippen LogP contribution is 2.31. The van der Waals surface area contributed by atoms with Crippen molar-refractivity contribution in [1.82, 2.24) is 0 Å². The average molecular weight is 337 g/mol. The van der Waals surface area contributed by atoms with Crippen LogP contribution in [0.3, 0.4) is 0 Å². The molecule has 0 saturated heterocycles. The van der Waals surface area contributed by atoms with E-state index in [1.54, 1.807) is 6.07 Å². The maximum absolute atomic E-state index is 7.58. The summed E-state index contributed by atoms with van der Waals surface area (Å²) in [5.41, 5.74) is 9.02. The van der Waals surface area contributed by atoms with Gasteiger partial charge in [-0.1, -0.05) is 66.2 Å². The van der Waals surface area contributed by atoms with Gasteiger partial charge in [0.2, 0.25) is 0 Å². The molecule has 3 rings (SSSR count). The molecule has 24 heavy (non-hydrogen) atoms. The van der Waals surface area contributed by atoms with E-state index in [0.717, 1.165) is 22.4 Å². The summed E-state index contributed by atoms with van der Waals surface area (Å²) in [4.78, 5) is 0. The normalized spacial score (nSPS) is 10.4. The second-order valence-corrected chi connectivity index (χ2v) is 5.76. The van der Waals surface area contributed by atoms with Crippen LogP contribution in [0.5, 0.6) is 5.75 Å². The highest BCUT2D eigenvalue weighted by molar-refractivity contribution is 6.36. The predicted octanol–water partition coefficient (Wildman–Crippen LogP) is 4.87. The van der Waals surface area contributed by atoms with Crippen LogP contribution in [0.1, 0.15) is 11.1 Å². The smallest absolute Gasteiger partial charge is 0.124 e. The van der Waals surface area contributed by atoms with Gasteiger partial charge in [-0.25, -0.2) is 0 Å². The van der Waals surface area contributed by atoms with E-state index >= 15 is 0 Å². The molecule has 0 aliphatic carbocycles. The maximum atomic E-state index is 7.58. The fraction of sp³-hybridized carbons (Fsp3) is 0.0500. The molecule has 3 aromatic rings. The molecule has 0 aliphatic rings. The highest BCUT2D eigenvalue weighted by Gasteiger charge is 2.10. The fourth-order valence-corrected chi connectivity index (χ4v) is 2.77. The molecule has 3 nitrogen and oxygen atoms in total. The first-order chi connectivity index (χ1) is 11.6. The van der Waals surface area contributed by atoms with Crippen LogP contribution in [-0.2, 0) is 6.61 Å². The van der Waals surface area contributed by atoms with Gasteiger partial charge >= 0.3 is 0 Å². The van der Waals surface area contributed by atoms with Crippen molar-refractivity contribution in [1.29, 1.82) is 5.41 Å². The zero-order valence-electron chi connectivity index (χ0n) is 13.0. The standard InChI is InChI=1S/C20H17ClN2O/c21-19-17(7-4-8-18(19)20(22)23)15-9-11-16(12-10-15)24-13-14-5-2-1-3-6-14/h1-12H,13H2,(H3,22,23). The fourth-order valence-electron chi connectivity index (χ4n) is 2.43. The first kappa shape index (κ1) is 16.1. The third-order valence-electron chi connectivity index (χ3n) is 3.70. The summed E-state index contributed by atoms with van der Waals surface area (Å²) in [5.74, 6) is 0.756. The number of rotatable bonds is 5. The van der Waals surface area contributed by atoms with Crippen molar-refractivity contribution < 1.29 is 4.74 Å². The van der Waals surface area contributed by atoms with Gasteiger partial charge in [-0.2, -0.15) is 0 Å². The van der Waals surface area contributed by atoms with E-state index in [-0.39, 0.29) is 5.84 Å². The average Bonchev–Trinajstić information content (AvgIpc) is 2.61. The number of hydrogen-bond donors (Lipinski definition) is 2. The van der Waals surface area contributed by atoms with Crippen molar-refractivity contribution in [2.24, 2.45) is 5.73 Å². The molecule has 0 saturated carbocycles. The first-order valence-electron chi connectivity index (χ1n) is 7.55. The largest absolute Gasteiger partial charge is 0.489 e. The van der Waals surface area contributed by atoms with Crippen LogP contribution >= 0.6 is 11.6 Å². The first-order valence-corrected chi connectivity index (χ1v) is 7.93. The van der Waals surface area contributed by atoms with Crippen LogP contribution < -0.4 is 10.5 Å². The molecule has 0 fully saturated rings. The number of nitrogens with two attached hydrogens (primary N) is 1. The number of nitrogen functional groups attached to an aromatic ring is 1. The molecule has 3 N–H and O–H groups in total. The Balaban J connectivity index is 1.78. The monoisotopic (exact) mass is 336 g/mol. The summed E-state index contributed by atoms with van der Waals surface area (Å²) in [6.07, 6.45) is 0. The molecule has 0 radical (unpaired) electrons. The summed E-state index contributed by atoms with van der Waals surface area (Å²) in [6, 6.07) is 23.2. The van der Waals surface area contributed by atoms with Crippen LogP contribution in [0.15, 0.2) is 72.8 Å². The minimum atomic E-state index is -0.0373. The Morgan fingerprint density at radius 2 is 1.62 bits per heavy atom. The lowest BCUT2D eigenvalue weighted by Gasteiger charge is -2.10. The number of amidine groups is 1. The summed E-state index contributed by atoms with van der Waals surface area (Å²) >= 11 is 6.37. The van der Waals surface area contributed by atoms with Gasteiger partial charge in [0.1, 0.15) is 18.2 Å². The van der Waals surface area contributed by atoms with Gasteiger partial charge in [0.15, 0.2) is 0 Å². The Kier molecular flexibility index (Phi) is 4.82. The molecule has 0 amide bonds. The molecule has 0 bridgehead atoms. The van der Waals surface area contributed by atoms with Gasteiger partial charge in [-0.05, 0) is 29.3 Å². The van der Waals surface area contributed by atoms with Gasteiger partial charge in [0, 0.05) is 11.1 Å². The van der Waals surface area contributed by atoms with E-state index in [1.165, 1.54) is 0 Å². The number of hydrogen-bond acceptors (Lipinski definition) is 2. The Hall–Kier alpha value is -2.78.